The molecule has 29 heavy (non-hydrogen) atoms. The normalized spacial score (nSPS) is 10.7. The van der Waals surface area contributed by atoms with Gasteiger partial charge in [0.05, 0.1) is 16.8 Å². The first-order valence-corrected chi connectivity index (χ1v) is 9.04. The molecule has 0 bridgehead atoms. The number of nitrogens with zero attached hydrogens (tertiary/aromatic N) is 1. The van der Waals surface area contributed by atoms with Gasteiger partial charge in [-0.1, -0.05) is 23.2 Å². The lowest BCUT2D eigenvalue weighted by atomic mass is 10.2. The van der Waals surface area contributed by atoms with Crippen LogP contribution in [0.4, 0.5) is 4.39 Å². The number of hydrogen-bond acceptors (Lipinski definition) is 4. The van der Waals surface area contributed by atoms with Gasteiger partial charge in [-0.15, -0.1) is 0 Å². The van der Waals surface area contributed by atoms with Crippen LogP contribution < -0.4 is 10.2 Å². The summed E-state index contributed by atoms with van der Waals surface area (Å²) in [7, 11) is 0. The fourth-order valence-electron chi connectivity index (χ4n) is 2.27. The third-order valence-electron chi connectivity index (χ3n) is 3.73. The topological polar surface area (TPSA) is 67.8 Å². The zero-order chi connectivity index (χ0) is 20.8. The van der Waals surface area contributed by atoms with E-state index in [9.17, 15) is 14.0 Å². The predicted molar refractivity (Wildman–Crippen MR) is 109 cm³/mol. The number of benzene rings is 3. The third kappa shape index (κ3) is 5.63. The van der Waals surface area contributed by atoms with Crippen molar-refractivity contribution in [2.24, 2.45) is 5.10 Å². The molecule has 0 fully saturated rings. The number of carbonyl (C=O) groups excluding carboxylic acids is 2. The van der Waals surface area contributed by atoms with Crippen molar-refractivity contribution >= 4 is 41.3 Å². The van der Waals surface area contributed by atoms with Crippen LogP contribution in [0.25, 0.3) is 0 Å². The second-order valence-corrected chi connectivity index (χ2v) is 6.63. The van der Waals surface area contributed by atoms with E-state index in [1.54, 1.807) is 30.3 Å². The zero-order valence-corrected chi connectivity index (χ0v) is 16.2. The predicted octanol–water partition coefficient (Wildman–Crippen LogP) is 5.12. The Morgan fingerprint density at radius 3 is 2.31 bits per heavy atom. The Balaban J connectivity index is 1.58. The van der Waals surface area contributed by atoms with Crippen LogP contribution >= 0.6 is 23.2 Å². The molecular weight excluding hydrogens is 418 g/mol. The lowest BCUT2D eigenvalue weighted by Crippen LogP contribution is -2.17. The van der Waals surface area contributed by atoms with Gasteiger partial charge < -0.3 is 4.74 Å². The molecule has 0 aliphatic heterocycles. The van der Waals surface area contributed by atoms with E-state index in [0.29, 0.717) is 16.3 Å². The molecule has 0 aliphatic carbocycles. The van der Waals surface area contributed by atoms with Crippen LogP contribution in [0.15, 0.2) is 71.8 Å². The Morgan fingerprint density at radius 2 is 1.66 bits per heavy atom. The Morgan fingerprint density at radius 1 is 0.966 bits per heavy atom. The molecule has 0 saturated heterocycles. The van der Waals surface area contributed by atoms with Crippen molar-refractivity contribution in [3.05, 3.63) is 99.3 Å². The van der Waals surface area contributed by atoms with Gasteiger partial charge in [-0.25, -0.2) is 14.6 Å². The van der Waals surface area contributed by atoms with Crippen molar-refractivity contribution in [2.75, 3.05) is 0 Å². The van der Waals surface area contributed by atoms with Crippen molar-refractivity contribution in [2.45, 2.75) is 0 Å². The summed E-state index contributed by atoms with van der Waals surface area (Å²) in [4.78, 5) is 24.1. The van der Waals surface area contributed by atoms with Crippen LogP contribution in [-0.4, -0.2) is 18.1 Å². The maximum atomic E-state index is 12.9. The summed E-state index contributed by atoms with van der Waals surface area (Å²) >= 11 is 11.8. The molecule has 5 nitrogen and oxygen atoms in total. The lowest BCUT2D eigenvalue weighted by molar-refractivity contribution is 0.0734. The van der Waals surface area contributed by atoms with Crippen molar-refractivity contribution < 1.29 is 18.7 Å². The highest BCUT2D eigenvalue weighted by Crippen LogP contribution is 2.23. The monoisotopic (exact) mass is 430 g/mol. The molecule has 0 radical (unpaired) electrons. The second-order valence-electron chi connectivity index (χ2n) is 5.79. The number of esters is 1. The Bertz CT molecular complexity index is 1070. The maximum Gasteiger partial charge on any atom is 0.345 e. The molecule has 1 amide bonds. The summed E-state index contributed by atoms with van der Waals surface area (Å²) < 4.78 is 18.1. The summed E-state index contributed by atoms with van der Waals surface area (Å²) in [6, 6.07) is 16.0. The molecule has 3 rings (SSSR count). The number of ether oxygens (including phenoxy) is 1. The lowest BCUT2D eigenvalue weighted by Gasteiger charge is -2.06. The molecule has 0 aromatic heterocycles. The van der Waals surface area contributed by atoms with E-state index in [0.717, 1.165) is 0 Å². The van der Waals surface area contributed by atoms with Crippen LogP contribution in [0.3, 0.4) is 0 Å². The largest absolute Gasteiger partial charge is 0.423 e. The van der Waals surface area contributed by atoms with Gasteiger partial charge in [0.15, 0.2) is 0 Å². The van der Waals surface area contributed by atoms with Crippen molar-refractivity contribution in [3.8, 4) is 5.75 Å². The van der Waals surface area contributed by atoms with E-state index in [4.69, 9.17) is 27.9 Å². The summed E-state index contributed by atoms with van der Waals surface area (Å²) in [5.41, 5.74) is 3.49. The van der Waals surface area contributed by atoms with Gasteiger partial charge in [-0.3, -0.25) is 4.79 Å². The summed E-state index contributed by atoms with van der Waals surface area (Å²) in [5, 5.41) is 4.46. The summed E-state index contributed by atoms with van der Waals surface area (Å²) in [6.07, 6.45) is 1.42. The molecule has 1 N–H and O–H groups in total. The van der Waals surface area contributed by atoms with Gasteiger partial charge in [0.1, 0.15) is 11.6 Å². The maximum absolute atomic E-state index is 12.9. The van der Waals surface area contributed by atoms with Gasteiger partial charge in [-0.05, 0) is 72.3 Å². The van der Waals surface area contributed by atoms with Crippen molar-refractivity contribution in [1.82, 2.24) is 5.43 Å². The first-order chi connectivity index (χ1) is 13.9. The average Bonchev–Trinajstić information content (AvgIpc) is 2.69. The minimum Gasteiger partial charge on any atom is -0.423 e. The zero-order valence-electron chi connectivity index (χ0n) is 14.7. The van der Waals surface area contributed by atoms with Crippen LogP contribution in [0, 0.1) is 5.82 Å². The minimum absolute atomic E-state index is 0.197. The first-order valence-electron chi connectivity index (χ1n) is 8.28. The molecule has 0 saturated carbocycles. The molecule has 3 aromatic rings. The Labute approximate surface area is 175 Å². The highest BCUT2D eigenvalue weighted by Gasteiger charge is 2.13. The number of nitrogens with one attached hydrogen (secondary N) is 1. The molecule has 0 spiro atoms. The van der Waals surface area contributed by atoms with Gasteiger partial charge >= 0.3 is 5.97 Å². The van der Waals surface area contributed by atoms with Crippen LogP contribution in [0.1, 0.15) is 26.3 Å². The molecule has 3 aromatic carbocycles. The molecule has 0 atom stereocenters. The molecule has 146 valence electrons. The van der Waals surface area contributed by atoms with E-state index in [2.05, 4.69) is 10.5 Å². The van der Waals surface area contributed by atoms with Crippen molar-refractivity contribution in [1.29, 1.82) is 0 Å². The number of carbonyl (C=O) groups is 2. The standard InChI is InChI=1S/C21H13Cl2FN2O3/c22-15-5-10-18(19(23)11-15)21(28)29-17-8-1-13(2-9-17)12-25-26-20(27)14-3-6-16(24)7-4-14/h1-12H,(H,26,27)/b25-12+. The number of hydrogen-bond donors (Lipinski definition) is 1. The average molecular weight is 431 g/mol. The smallest absolute Gasteiger partial charge is 0.345 e. The first kappa shape index (κ1) is 20.5. The highest BCUT2D eigenvalue weighted by molar-refractivity contribution is 6.36. The van der Waals surface area contributed by atoms with E-state index in [1.165, 1.54) is 42.6 Å². The second kappa shape index (κ2) is 9.32. The van der Waals surface area contributed by atoms with Crippen LogP contribution in [0.5, 0.6) is 5.75 Å². The third-order valence-corrected chi connectivity index (χ3v) is 4.28. The SMILES string of the molecule is O=C(N/N=C/c1ccc(OC(=O)c2ccc(Cl)cc2Cl)cc1)c1ccc(F)cc1. The molecular formula is C21H13Cl2FN2O3. The highest BCUT2D eigenvalue weighted by atomic mass is 35.5. The quantitative estimate of drug-likeness (QED) is 0.264. The van der Waals surface area contributed by atoms with Gasteiger partial charge in [0.25, 0.3) is 5.91 Å². The van der Waals surface area contributed by atoms with E-state index in [-0.39, 0.29) is 16.1 Å². The summed E-state index contributed by atoms with van der Waals surface area (Å²) in [5.74, 6) is -1.19. The number of halogens is 3. The fraction of sp³-hybridized carbons (Fsp3) is 0. The number of amides is 1. The van der Waals surface area contributed by atoms with Crippen molar-refractivity contribution in [3.63, 3.8) is 0 Å². The molecule has 0 aliphatic rings. The molecule has 8 heteroatoms. The molecule has 0 unspecified atom stereocenters. The number of rotatable bonds is 5. The van der Waals surface area contributed by atoms with Crippen LogP contribution in [-0.2, 0) is 0 Å². The number of hydrazone groups is 1. The van der Waals surface area contributed by atoms with E-state index >= 15 is 0 Å². The van der Waals surface area contributed by atoms with Gasteiger partial charge in [0, 0.05) is 10.6 Å². The Kier molecular flexibility index (Phi) is 6.59. The summed E-state index contributed by atoms with van der Waals surface area (Å²) in [6.45, 7) is 0. The van der Waals surface area contributed by atoms with Gasteiger partial charge in [-0.2, -0.15) is 5.10 Å². The molecule has 0 heterocycles. The minimum atomic E-state index is -0.611. The van der Waals surface area contributed by atoms with Gasteiger partial charge in [0.2, 0.25) is 0 Å². The fourth-order valence-corrected chi connectivity index (χ4v) is 2.76. The van der Waals surface area contributed by atoms with E-state index in [1.807, 2.05) is 0 Å². The van der Waals surface area contributed by atoms with Crippen LogP contribution in [0.2, 0.25) is 10.0 Å². The van der Waals surface area contributed by atoms with E-state index < -0.39 is 17.7 Å². The Hall–Kier alpha value is -3.22.